The van der Waals surface area contributed by atoms with Gasteiger partial charge in [0.05, 0.1) is 18.2 Å². The maximum absolute atomic E-state index is 6.17. The first-order valence-corrected chi connectivity index (χ1v) is 7.60. The summed E-state index contributed by atoms with van der Waals surface area (Å²) in [5, 5.41) is 3.17. The molecule has 3 unspecified atom stereocenters. The summed E-state index contributed by atoms with van der Waals surface area (Å²) in [6, 6.07) is 10.4. The van der Waals surface area contributed by atoms with E-state index in [1.165, 1.54) is 5.56 Å². The highest BCUT2D eigenvalue weighted by Crippen LogP contribution is 2.28. The fourth-order valence-corrected chi connectivity index (χ4v) is 2.92. The summed E-state index contributed by atoms with van der Waals surface area (Å²) in [6.45, 7) is 4.99. The van der Waals surface area contributed by atoms with Gasteiger partial charge in [0.15, 0.2) is 0 Å². The van der Waals surface area contributed by atoms with Crippen LogP contribution in [0.3, 0.4) is 0 Å². The first-order valence-electron chi connectivity index (χ1n) is 7.17. The van der Waals surface area contributed by atoms with E-state index in [9.17, 15) is 0 Å². The minimum atomic E-state index is 0.0541. The first kappa shape index (κ1) is 14.8. The van der Waals surface area contributed by atoms with E-state index in [1.54, 1.807) is 0 Å². The number of halogens is 1. The molecule has 2 nitrogen and oxygen atoms in total. The molecular weight excluding hydrogens is 258 g/mol. The van der Waals surface area contributed by atoms with Crippen molar-refractivity contribution in [2.24, 2.45) is 5.92 Å². The Labute approximate surface area is 121 Å². The summed E-state index contributed by atoms with van der Waals surface area (Å²) >= 11 is 6.17. The van der Waals surface area contributed by atoms with Crippen LogP contribution in [0.4, 0.5) is 0 Å². The molecule has 1 aliphatic heterocycles. The van der Waals surface area contributed by atoms with E-state index in [2.05, 4.69) is 43.1 Å². The molecule has 0 spiro atoms. The van der Waals surface area contributed by atoms with Crippen molar-refractivity contribution >= 4 is 11.6 Å². The van der Waals surface area contributed by atoms with Crippen LogP contribution >= 0.6 is 11.6 Å². The van der Waals surface area contributed by atoms with Gasteiger partial charge in [-0.05, 0) is 30.7 Å². The quantitative estimate of drug-likeness (QED) is 0.626. The second kappa shape index (κ2) is 7.88. The van der Waals surface area contributed by atoms with Crippen LogP contribution < -0.4 is 5.32 Å². The lowest BCUT2D eigenvalue weighted by atomic mass is 9.89. The highest BCUT2D eigenvalue weighted by molar-refractivity contribution is 6.20. The minimum absolute atomic E-state index is 0.0541. The predicted octanol–water partition coefficient (Wildman–Crippen LogP) is 4.10. The summed E-state index contributed by atoms with van der Waals surface area (Å²) in [4.78, 5) is 0. The van der Waals surface area contributed by atoms with E-state index in [0.717, 1.165) is 25.7 Å². The summed E-state index contributed by atoms with van der Waals surface area (Å²) in [5.74, 6) is 0.535. The number of ether oxygens (including phenoxy) is 1. The summed E-state index contributed by atoms with van der Waals surface area (Å²) in [6.07, 6.45) is 4.59. The number of hydrogen-bond acceptors (Lipinski definition) is 2. The molecule has 0 amide bonds. The molecule has 0 aromatic heterocycles. The van der Waals surface area contributed by atoms with Gasteiger partial charge < -0.3 is 4.74 Å². The third-order valence-electron chi connectivity index (χ3n) is 3.63. The third-order valence-corrected chi connectivity index (χ3v) is 3.94. The van der Waals surface area contributed by atoms with Crippen molar-refractivity contribution in [3.63, 3.8) is 0 Å². The van der Waals surface area contributed by atoms with Gasteiger partial charge in [0.2, 0.25) is 0 Å². The van der Waals surface area contributed by atoms with Gasteiger partial charge in [0.25, 0.3) is 0 Å². The van der Waals surface area contributed by atoms with Crippen LogP contribution in [0, 0.1) is 12.5 Å². The molecule has 0 saturated carbocycles. The molecule has 1 aromatic rings. The van der Waals surface area contributed by atoms with Crippen LogP contribution in [-0.2, 0) is 11.3 Å². The summed E-state index contributed by atoms with van der Waals surface area (Å²) in [7, 11) is 0. The monoisotopic (exact) mass is 280 g/mol. The lowest BCUT2D eigenvalue weighted by Crippen LogP contribution is -2.37. The van der Waals surface area contributed by atoms with Gasteiger partial charge in [-0.15, -0.1) is 11.6 Å². The second-order valence-corrected chi connectivity index (χ2v) is 5.72. The van der Waals surface area contributed by atoms with Gasteiger partial charge in [0.1, 0.15) is 0 Å². The lowest BCUT2D eigenvalue weighted by molar-refractivity contribution is -0.0123. The van der Waals surface area contributed by atoms with Gasteiger partial charge >= 0.3 is 0 Å². The van der Waals surface area contributed by atoms with Crippen LogP contribution in [0.25, 0.3) is 0 Å². The first-order chi connectivity index (χ1) is 9.29. The molecule has 1 fully saturated rings. The average Bonchev–Trinajstić information content (AvgIpc) is 2.44. The molecule has 0 bridgehead atoms. The van der Waals surface area contributed by atoms with Crippen molar-refractivity contribution in [3.8, 4) is 0 Å². The fraction of sp³-hybridized carbons (Fsp3) is 0.562. The summed E-state index contributed by atoms with van der Waals surface area (Å²) < 4.78 is 6.15. The Kier molecular flexibility index (Phi) is 6.15. The maximum atomic E-state index is 6.17. The molecule has 1 radical (unpaired) electrons. The number of nitrogens with one attached hydrogen (secondary N) is 1. The summed E-state index contributed by atoms with van der Waals surface area (Å²) in [5.41, 5.74) is 1.29. The Balaban J connectivity index is 1.88. The van der Waals surface area contributed by atoms with Gasteiger partial charge in [-0.1, -0.05) is 43.7 Å². The zero-order valence-electron chi connectivity index (χ0n) is 11.5. The highest BCUT2D eigenvalue weighted by atomic mass is 35.5. The molecule has 1 saturated heterocycles. The Morgan fingerprint density at radius 1 is 1.37 bits per heavy atom. The van der Waals surface area contributed by atoms with Crippen LogP contribution in [0.1, 0.15) is 38.2 Å². The van der Waals surface area contributed by atoms with Crippen molar-refractivity contribution in [2.75, 3.05) is 0 Å². The Bertz CT molecular complexity index is 357. The molecule has 1 aromatic carbocycles. The van der Waals surface area contributed by atoms with E-state index in [4.69, 9.17) is 16.3 Å². The Morgan fingerprint density at radius 2 is 2.16 bits per heavy atom. The van der Waals surface area contributed by atoms with Crippen LogP contribution in [0.2, 0.25) is 0 Å². The zero-order valence-corrected chi connectivity index (χ0v) is 12.3. The van der Waals surface area contributed by atoms with Gasteiger partial charge in [0, 0.05) is 6.54 Å². The van der Waals surface area contributed by atoms with Gasteiger partial charge in [-0.2, -0.15) is 0 Å². The van der Waals surface area contributed by atoms with Crippen molar-refractivity contribution in [1.82, 2.24) is 5.32 Å². The van der Waals surface area contributed by atoms with Crippen molar-refractivity contribution < 1.29 is 4.74 Å². The topological polar surface area (TPSA) is 21.3 Å². The second-order valence-electron chi connectivity index (χ2n) is 5.19. The molecule has 19 heavy (non-hydrogen) atoms. The highest BCUT2D eigenvalue weighted by Gasteiger charge is 2.27. The molecule has 2 rings (SSSR count). The van der Waals surface area contributed by atoms with Crippen molar-refractivity contribution in [1.29, 1.82) is 0 Å². The van der Waals surface area contributed by atoms with Crippen LogP contribution in [0.5, 0.6) is 0 Å². The fourth-order valence-electron chi connectivity index (χ4n) is 2.60. The number of hydrogen-bond donors (Lipinski definition) is 1. The minimum Gasteiger partial charge on any atom is -0.373 e. The largest absolute Gasteiger partial charge is 0.373 e. The van der Waals surface area contributed by atoms with E-state index in [-0.39, 0.29) is 5.50 Å². The molecule has 1 N–H and O–H groups in total. The molecule has 3 heteroatoms. The van der Waals surface area contributed by atoms with Gasteiger partial charge in [-0.3, -0.25) is 5.32 Å². The van der Waals surface area contributed by atoms with E-state index in [0.29, 0.717) is 18.6 Å². The molecule has 105 valence electrons. The maximum Gasteiger partial charge on any atom is 0.0831 e. The van der Waals surface area contributed by atoms with E-state index < -0.39 is 0 Å². The number of rotatable bonds is 6. The lowest BCUT2D eigenvalue weighted by Gasteiger charge is -2.32. The van der Waals surface area contributed by atoms with Crippen LogP contribution in [0.15, 0.2) is 30.3 Å². The smallest absolute Gasteiger partial charge is 0.0831 e. The van der Waals surface area contributed by atoms with Gasteiger partial charge in [-0.25, -0.2) is 0 Å². The number of benzene rings is 1. The van der Waals surface area contributed by atoms with E-state index >= 15 is 0 Å². The molecule has 1 aliphatic rings. The normalized spacial score (nSPS) is 25.2. The number of alkyl halides is 1. The standard InChI is InChI=1S/C16H23ClNO/c1-2-6-15(14-9-10-18-16(17)11-14)19-12-13-7-4-3-5-8-13/h3-5,7-8,10,14-16,18H,2,6,9,11-12H2,1H3. The Hall–Kier alpha value is -0.570. The average molecular weight is 281 g/mol. The third kappa shape index (κ3) is 4.79. The van der Waals surface area contributed by atoms with Crippen molar-refractivity contribution in [2.45, 2.75) is 50.8 Å². The molecule has 0 aliphatic carbocycles. The van der Waals surface area contributed by atoms with Crippen LogP contribution in [-0.4, -0.2) is 11.6 Å². The molecule has 3 atom stereocenters. The predicted molar refractivity (Wildman–Crippen MR) is 79.7 cm³/mol. The van der Waals surface area contributed by atoms with Crippen molar-refractivity contribution in [3.05, 3.63) is 42.4 Å². The zero-order chi connectivity index (χ0) is 13.5. The number of piperidine rings is 1. The SMILES string of the molecule is CCCC(OCc1ccccc1)C1C[CH]NC(Cl)C1. The van der Waals surface area contributed by atoms with E-state index in [1.807, 2.05) is 6.07 Å². The Morgan fingerprint density at radius 3 is 2.84 bits per heavy atom. The molecular formula is C16H23ClNO. The molecule has 1 heterocycles.